The van der Waals surface area contributed by atoms with Crippen LogP contribution in [0.25, 0.3) is 0 Å². The van der Waals surface area contributed by atoms with Crippen LogP contribution < -0.4 is 0 Å². The first-order valence-corrected chi connectivity index (χ1v) is 29.1. The average molecular weight is 1050 g/mol. The molecule has 2 fully saturated rings. The van der Waals surface area contributed by atoms with E-state index in [1.54, 1.807) is 0 Å². The van der Waals surface area contributed by atoms with E-state index in [0.29, 0.717) is 0 Å². The summed E-state index contributed by atoms with van der Waals surface area (Å²) in [5.74, 6) is 0. The molecule has 8 heteroatoms. The first-order valence-electron chi connectivity index (χ1n) is 29.1. The molecule has 428 valence electrons. The molecule has 2 aliphatic heterocycles. The maximum Gasteiger partial charge on any atom is 0.0270 e. The molecule has 0 N–H and O–H groups in total. The van der Waals surface area contributed by atoms with E-state index in [1.165, 1.54) is 88.1 Å². The Morgan fingerprint density at radius 2 is 0.763 bits per heavy atom. The summed E-state index contributed by atoms with van der Waals surface area (Å²) in [6, 6.07) is 25.3. The van der Waals surface area contributed by atoms with Crippen molar-refractivity contribution >= 4 is 0 Å². The molecule has 0 atom stereocenters. The minimum Gasteiger partial charge on any atom is -0.309 e. The minimum absolute atomic E-state index is 1.02. The molecule has 0 aliphatic carbocycles. The molecule has 0 saturated carbocycles. The maximum absolute atomic E-state index is 4.00. The van der Waals surface area contributed by atoms with Crippen LogP contribution in [0.2, 0.25) is 0 Å². The Morgan fingerprint density at radius 1 is 0.408 bits per heavy atom. The number of likely N-dealkylation sites (N-methyl/N-ethyl adjacent to an activating group) is 2. The topological polar surface area (TPSA) is 35.6 Å². The molecular weight excluding hydrogens is 929 g/mol. The van der Waals surface area contributed by atoms with Gasteiger partial charge in [-0.25, -0.2) is 0 Å². The molecule has 3 heterocycles. The van der Waals surface area contributed by atoms with Crippen molar-refractivity contribution in [2.75, 3.05) is 133 Å². The quantitative estimate of drug-likeness (QED) is 0.0590. The van der Waals surface area contributed by atoms with Crippen LogP contribution in [0.3, 0.4) is 0 Å². The second-order valence-electron chi connectivity index (χ2n) is 20.0. The van der Waals surface area contributed by atoms with Crippen LogP contribution in [-0.4, -0.2) is 173 Å². The van der Waals surface area contributed by atoms with E-state index in [-0.39, 0.29) is 0 Å². The fourth-order valence-corrected chi connectivity index (χ4v) is 7.87. The van der Waals surface area contributed by atoms with Gasteiger partial charge >= 0.3 is 0 Å². The van der Waals surface area contributed by atoms with Gasteiger partial charge in [-0.15, -0.1) is 46.1 Å². The smallest absolute Gasteiger partial charge is 0.0270 e. The zero-order valence-corrected chi connectivity index (χ0v) is 50.4. The van der Waals surface area contributed by atoms with Gasteiger partial charge in [0, 0.05) is 77.8 Å². The van der Waals surface area contributed by atoms with Crippen LogP contribution in [0.5, 0.6) is 0 Å². The van der Waals surface area contributed by atoms with E-state index in [2.05, 4.69) is 201 Å². The predicted molar refractivity (Wildman–Crippen MR) is 342 cm³/mol. The highest BCUT2D eigenvalue weighted by molar-refractivity contribution is 5.15. The van der Waals surface area contributed by atoms with Crippen LogP contribution in [0.1, 0.15) is 108 Å². The molecule has 76 heavy (non-hydrogen) atoms. The number of likely N-dealkylation sites (tertiary alicyclic amines) is 2. The summed E-state index contributed by atoms with van der Waals surface area (Å²) in [5, 5.41) is 0. The monoisotopic (exact) mass is 1040 g/mol. The number of hydrogen-bond acceptors (Lipinski definition) is 8. The summed E-state index contributed by atoms with van der Waals surface area (Å²) in [5.41, 5.74) is 4.14. The lowest BCUT2D eigenvalue weighted by Crippen LogP contribution is -2.30. The summed E-state index contributed by atoms with van der Waals surface area (Å²) in [7, 11) is 10.6. The summed E-state index contributed by atoms with van der Waals surface area (Å²) in [6.45, 7) is 49.0. The first-order chi connectivity index (χ1) is 37.0. The molecule has 5 rings (SSSR count). The Kier molecular flexibility index (Phi) is 54.9. The Labute approximate surface area is 471 Å². The third kappa shape index (κ3) is 50.3. The molecule has 2 aliphatic rings. The fourth-order valence-electron chi connectivity index (χ4n) is 7.87. The third-order valence-corrected chi connectivity index (χ3v) is 12.9. The number of benzene rings is 2. The second kappa shape index (κ2) is 56.7. The van der Waals surface area contributed by atoms with Crippen LogP contribution in [0, 0.1) is 0 Å². The van der Waals surface area contributed by atoms with Crippen molar-refractivity contribution in [3.05, 3.63) is 190 Å². The van der Waals surface area contributed by atoms with Crippen molar-refractivity contribution in [1.29, 1.82) is 0 Å². The minimum atomic E-state index is 1.02. The third-order valence-electron chi connectivity index (χ3n) is 12.9. The Hall–Kier alpha value is -4.51. The van der Waals surface area contributed by atoms with E-state index in [1.807, 2.05) is 61.0 Å². The van der Waals surface area contributed by atoms with Gasteiger partial charge in [0.2, 0.25) is 0 Å². The van der Waals surface area contributed by atoms with E-state index in [4.69, 9.17) is 0 Å². The van der Waals surface area contributed by atoms with Gasteiger partial charge in [-0.1, -0.05) is 123 Å². The number of pyridine rings is 1. The number of hydrogen-bond donors (Lipinski definition) is 0. The fraction of sp³-hybridized carbons (Fsp3) is 0.544. The van der Waals surface area contributed by atoms with Crippen molar-refractivity contribution < 1.29 is 0 Å². The van der Waals surface area contributed by atoms with Crippen LogP contribution >= 0.6 is 0 Å². The Morgan fingerprint density at radius 3 is 1.14 bits per heavy atom. The molecule has 1 aromatic heterocycles. The van der Waals surface area contributed by atoms with Crippen LogP contribution in [0.15, 0.2) is 174 Å². The Bertz CT molecular complexity index is 1650. The molecule has 0 amide bonds. The molecule has 3 aromatic rings. The van der Waals surface area contributed by atoms with E-state index in [0.717, 1.165) is 123 Å². The van der Waals surface area contributed by atoms with E-state index >= 15 is 0 Å². The van der Waals surface area contributed by atoms with Gasteiger partial charge in [0.15, 0.2) is 0 Å². The van der Waals surface area contributed by atoms with Crippen molar-refractivity contribution in [2.45, 2.75) is 110 Å². The van der Waals surface area contributed by atoms with Crippen molar-refractivity contribution in [3.8, 4) is 0 Å². The summed E-state index contributed by atoms with van der Waals surface area (Å²) in [4.78, 5) is 20.5. The molecule has 0 spiro atoms. The Balaban J connectivity index is 0. The average Bonchev–Trinajstić information content (AvgIpc) is 3.99. The highest BCUT2D eigenvalue weighted by atomic mass is 15.1. The van der Waals surface area contributed by atoms with Gasteiger partial charge in [-0.2, -0.15) is 0 Å². The molecule has 0 unspecified atom stereocenters. The van der Waals surface area contributed by atoms with Gasteiger partial charge in [0.25, 0.3) is 0 Å². The van der Waals surface area contributed by atoms with Gasteiger partial charge in [-0.3, -0.25) is 4.98 Å². The SMILES string of the molecule is C=CCCN(C)C.C=CCCN(C)CCc1ccccc1.C=CCCN(C)CCc1ccncc1.C=CCCN(C)Cc1ccccc1.C=CCCN(CC)CC.C=CCCN1CCCC1.C=CCCN1CCCCC1. The van der Waals surface area contributed by atoms with Gasteiger partial charge in [0.05, 0.1) is 0 Å². The van der Waals surface area contributed by atoms with Gasteiger partial charge in [-0.05, 0) is 187 Å². The standard InChI is InChI=1S/C13H19N.C12H18N2.C12H17N.C9H17N.C8H15N.C8H17N.C6H13N/c1-3-4-11-14(2)12-10-13-8-6-5-7-9-13;1-3-4-10-14(2)11-7-12-5-8-13-9-6-12;1-3-4-10-13(2)11-12-8-6-5-7-9-12;1-2-3-7-10-8-5-4-6-9-10;1-2-3-6-9-7-4-5-8-9;1-4-7-8-9(5-2)6-3;1-4-5-6-7(2)3/h3,5-9H,1,4,10-12H2,2H3;3,5-6,8-9H,1,4,7,10-11H2,2H3;3,5-9H,1,4,10-11H2,2H3;2H,1,3-9H2;2H,1,3-8H2;4H,1,5-8H2,2-3H3;4H,1,5-6H2,2-3H3. The molecule has 8 nitrogen and oxygen atoms in total. The van der Waals surface area contributed by atoms with Gasteiger partial charge < -0.3 is 34.3 Å². The van der Waals surface area contributed by atoms with Crippen LogP contribution in [0.4, 0.5) is 0 Å². The molecule has 0 bridgehead atoms. The largest absolute Gasteiger partial charge is 0.309 e. The van der Waals surface area contributed by atoms with E-state index in [9.17, 15) is 0 Å². The summed E-state index contributed by atoms with van der Waals surface area (Å²) >= 11 is 0. The van der Waals surface area contributed by atoms with Crippen molar-refractivity contribution in [3.63, 3.8) is 0 Å². The maximum atomic E-state index is 4.00. The zero-order valence-electron chi connectivity index (χ0n) is 50.4. The number of nitrogens with zero attached hydrogens (tertiary/aromatic N) is 8. The highest BCUT2D eigenvalue weighted by Crippen LogP contribution is 2.09. The number of piperidine rings is 1. The molecule has 2 aromatic carbocycles. The van der Waals surface area contributed by atoms with Crippen molar-refractivity contribution in [2.24, 2.45) is 0 Å². The number of aromatic nitrogens is 1. The van der Waals surface area contributed by atoms with E-state index < -0.39 is 0 Å². The molecule has 0 radical (unpaired) electrons. The lowest BCUT2D eigenvalue weighted by Gasteiger charge is -2.25. The lowest BCUT2D eigenvalue weighted by molar-refractivity contribution is 0.233. The first kappa shape index (κ1) is 73.6. The lowest BCUT2D eigenvalue weighted by atomic mass is 10.1. The zero-order chi connectivity index (χ0) is 56.5. The summed E-state index contributed by atoms with van der Waals surface area (Å²) in [6.07, 6.45) is 34.5. The van der Waals surface area contributed by atoms with Crippen molar-refractivity contribution in [1.82, 2.24) is 39.3 Å². The summed E-state index contributed by atoms with van der Waals surface area (Å²) < 4.78 is 0. The highest BCUT2D eigenvalue weighted by Gasteiger charge is 2.09. The van der Waals surface area contributed by atoms with Gasteiger partial charge in [0.1, 0.15) is 0 Å². The number of rotatable bonds is 31. The molecule has 2 saturated heterocycles. The normalized spacial score (nSPS) is 12.8. The molecular formula is C68H116N8. The van der Waals surface area contributed by atoms with Crippen LogP contribution in [-0.2, 0) is 19.4 Å². The second-order valence-corrected chi connectivity index (χ2v) is 20.0. The predicted octanol–water partition coefficient (Wildman–Crippen LogP) is 14.3.